The number of carbonyl (C=O) groups excluding carboxylic acids is 2. The van der Waals surface area contributed by atoms with Crippen molar-refractivity contribution in [3.8, 4) is 5.75 Å². The molecule has 1 aromatic carbocycles. The Morgan fingerprint density at radius 3 is 2.42 bits per heavy atom. The van der Waals surface area contributed by atoms with E-state index in [9.17, 15) is 9.59 Å². The van der Waals surface area contributed by atoms with Gasteiger partial charge < -0.3 is 20.0 Å². The van der Waals surface area contributed by atoms with E-state index < -0.39 is 17.8 Å². The Morgan fingerprint density at radius 2 is 1.89 bits per heavy atom. The van der Waals surface area contributed by atoms with Gasteiger partial charge in [-0.1, -0.05) is 0 Å². The Morgan fingerprint density at radius 1 is 1.26 bits per heavy atom. The summed E-state index contributed by atoms with van der Waals surface area (Å²) in [6.45, 7) is 1.77. The van der Waals surface area contributed by atoms with E-state index >= 15 is 0 Å². The number of carbonyl (C=O) groups is 2. The van der Waals surface area contributed by atoms with Gasteiger partial charge in [-0.3, -0.25) is 0 Å². The molecule has 0 atom stereocenters. The number of oxime groups is 1. The van der Waals surface area contributed by atoms with Gasteiger partial charge in [0.2, 0.25) is 5.84 Å². The van der Waals surface area contributed by atoms with Gasteiger partial charge in [0.25, 0.3) is 0 Å². The molecule has 0 aliphatic carbocycles. The van der Waals surface area contributed by atoms with Gasteiger partial charge in [-0.2, -0.15) is 0 Å². The van der Waals surface area contributed by atoms with Gasteiger partial charge in [-0.05, 0) is 36.3 Å². The Labute approximate surface area is 109 Å². The maximum atomic E-state index is 11.6. The Bertz CT molecular complexity index is 481. The molecule has 0 amide bonds. The van der Waals surface area contributed by atoms with Gasteiger partial charge in [-0.15, -0.1) is 0 Å². The van der Waals surface area contributed by atoms with E-state index in [0.29, 0.717) is 5.75 Å². The van der Waals surface area contributed by atoms with Crippen molar-refractivity contribution in [1.29, 1.82) is 0 Å². The van der Waals surface area contributed by atoms with E-state index in [4.69, 9.17) is 10.5 Å². The molecule has 102 valence electrons. The van der Waals surface area contributed by atoms with E-state index in [0.717, 1.165) is 0 Å². The molecule has 7 heteroatoms. The fourth-order valence-electron chi connectivity index (χ4n) is 1.11. The van der Waals surface area contributed by atoms with Crippen LogP contribution in [0.3, 0.4) is 0 Å². The van der Waals surface area contributed by atoms with Gasteiger partial charge >= 0.3 is 11.9 Å². The first kappa shape index (κ1) is 14.5. The van der Waals surface area contributed by atoms with Crippen LogP contribution in [0.1, 0.15) is 17.3 Å². The Hall–Kier alpha value is -2.57. The molecule has 0 spiro atoms. The minimum Gasteiger partial charge on any atom is -0.497 e. The molecule has 0 aliphatic rings. The summed E-state index contributed by atoms with van der Waals surface area (Å²) in [7, 11) is 1.51. The van der Waals surface area contributed by atoms with Crippen molar-refractivity contribution in [2.45, 2.75) is 6.92 Å². The quantitative estimate of drug-likeness (QED) is 0.283. The third-order valence-corrected chi connectivity index (χ3v) is 2.04. The summed E-state index contributed by atoms with van der Waals surface area (Å²) in [6.07, 6.45) is 0. The van der Waals surface area contributed by atoms with E-state index in [-0.39, 0.29) is 12.2 Å². The first-order valence-corrected chi connectivity index (χ1v) is 5.44. The Balaban J connectivity index is 2.64. The molecule has 7 nitrogen and oxygen atoms in total. The predicted octanol–water partition coefficient (Wildman–Crippen LogP) is 0.687. The average molecular weight is 266 g/mol. The van der Waals surface area contributed by atoms with Gasteiger partial charge in [-0.25, -0.2) is 9.59 Å². The normalized spacial score (nSPS) is 10.7. The molecule has 0 bridgehead atoms. The summed E-state index contributed by atoms with van der Waals surface area (Å²) in [6, 6.07) is 6.18. The molecular weight excluding hydrogens is 252 g/mol. The van der Waals surface area contributed by atoms with Gasteiger partial charge in [0.1, 0.15) is 5.75 Å². The number of nitrogens with two attached hydrogens (primary N) is 1. The van der Waals surface area contributed by atoms with Crippen LogP contribution in [-0.2, 0) is 14.4 Å². The molecule has 0 aliphatic heterocycles. The highest BCUT2D eigenvalue weighted by atomic mass is 16.7. The van der Waals surface area contributed by atoms with Gasteiger partial charge in [0.15, 0.2) is 0 Å². The zero-order valence-electron chi connectivity index (χ0n) is 10.6. The summed E-state index contributed by atoms with van der Waals surface area (Å²) >= 11 is 0. The van der Waals surface area contributed by atoms with E-state index in [2.05, 4.69) is 14.7 Å². The summed E-state index contributed by atoms with van der Waals surface area (Å²) < 4.78 is 9.51. The third-order valence-electron chi connectivity index (χ3n) is 2.04. The fourth-order valence-corrected chi connectivity index (χ4v) is 1.11. The summed E-state index contributed by atoms with van der Waals surface area (Å²) in [5.74, 6) is -1.50. The largest absolute Gasteiger partial charge is 0.497 e. The number of hydrogen-bond donors (Lipinski definition) is 1. The van der Waals surface area contributed by atoms with E-state index in [1.807, 2.05) is 0 Å². The molecule has 0 unspecified atom stereocenters. The first-order chi connectivity index (χ1) is 9.08. The lowest BCUT2D eigenvalue weighted by atomic mass is 10.2. The monoisotopic (exact) mass is 266 g/mol. The number of methoxy groups -OCH3 is 1. The summed E-state index contributed by atoms with van der Waals surface area (Å²) in [5.41, 5.74) is 5.50. The highest BCUT2D eigenvalue weighted by Crippen LogP contribution is 2.12. The van der Waals surface area contributed by atoms with Crippen LogP contribution in [0.2, 0.25) is 0 Å². The SMILES string of the molecule is CCOC(=O)C(N)=NOC(=O)c1ccc(OC)cc1. The highest BCUT2D eigenvalue weighted by Gasteiger charge is 2.11. The summed E-state index contributed by atoms with van der Waals surface area (Å²) in [4.78, 5) is 27.2. The first-order valence-electron chi connectivity index (χ1n) is 5.44. The molecule has 19 heavy (non-hydrogen) atoms. The van der Waals surface area contributed by atoms with Crippen LogP contribution in [0.5, 0.6) is 5.75 Å². The topological polar surface area (TPSA) is 100 Å². The molecule has 0 saturated heterocycles. The van der Waals surface area contributed by atoms with Crippen LogP contribution in [-0.4, -0.2) is 31.5 Å². The van der Waals surface area contributed by atoms with Crippen molar-refractivity contribution < 1.29 is 23.9 Å². The van der Waals surface area contributed by atoms with Crippen molar-refractivity contribution in [3.05, 3.63) is 29.8 Å². The molecule has 1 rings (SSSR count). The summed E-state index contributed by atoms with van der Waals surface area (Å²) in [5, 5.41) is 3.20. The molecule has 0 aromatic heterocycles. The maximum absolute atomic E-state index is 11.6. The van der Waals surface area contributed by atoms with Crippen LogP contribution < -0.4 is 10.5 Å². The van der Waals surface area contributed by atoms with Crippen molar-refractivity contribution in [2.75, 3.05) is 13.7 Å². The van der Waals surface area contributed by atoms with Crippen molar-refractivity contribution >= 4 is 17.8 Å². The third kappa shape index (κ3) is 4.30. The second-order valence-corrected chi connectivity index (χ2v) is 3.30. The lowest BCUT2D eigenvalue weighted by molar-refractivity contribution is -0.135. The minimum absolute atomic E-state index is 0.154. The number of amidine groups is 1. The van der Waals surface area contributed by atoms with Gasteiger partial charge in [0.05, 0.1) is 19.3 Å². The van der Waals surface area contributed by atoms with Crippen LogP contribution in [0.25, 0.3) is 0 Å². The molecule has 1 aromatic rings. The maximum Gasteiger partial charge on any atom is 0.377 e. The molecular formula is C12H14N2O5. The van der Waals surface area contributed by atoms with Crippen LogP contribution in [0.4, 0.5) is 0 Å². The van der Waals surface area contributed by atoms with Crippen molar-refractivity contribution in [3.63, 3.8) is 0 Å². The Kier molecular flexibility index (Phi) is 5.34. The number of ether oxygens (including phenoxy) is 2. The zero-order chi connectivity index (χ0) is 14.3. The second kappa shape index (κ2) is 7.00. The second-order valence-electron chi connectivity index (χ2n) is 3.30. The number of nitrogens with zero attached hydrogens (tertiary/aromatic N) is 1. The smallest absolute Gasteiger partial charge is 0.377 e. The van der Waals surface area contributed by atoms with Crippen LogP contribution in [0.15, 0.2) is 29.4 Å². The average Bonchev–Trinajstić information content (AvgIpc) is 2.44. The molecule has 0 radical (unpaired) electrons. The number of esters is 1. The van der Waals surface area contributed by atoms with Gasteiger partial charge in [0, 0.05) is 0 Å². The zero-order valence-corrected chi connectivity index (χ0v) is 10.6. The minimum atomic E-state index is -0.843. The fraction of sp³-hybridized carbons (Fsp3) is 0.250. The molecule has 0 heterocycles. The highest BCUT2D eigenvalue weighted by molar-refractivity contribution is 6.34. The van der Waals surface area contributed by atoms with Crippen LogP contribution >= 0.6 is 0 Å². The number of hydrogen-bond acceptors (Lipinski definition) is 6. The number of benzene rings is 1. The van der Waals surface area contributed by atoms with E-state index in [1.165, 1.54) is 19.2 Å². The molecule has 2 N–H and O–H groups in total. The van der Waals surface area contributed by atoms with Crippen LogP contribution in [0, 0.1) is 0 Å². The van der Waals surface area contributed by atoms with E-state index in [1.54, 1.807) is 19.1 Å². The number of rotatable bonds is 4. The predicted molar refractivity (Wildman–Crippen MR) is 66.7 cm³/mol. The lowest BCUT2D eigenvalue weighted by Gasteiger charge is -2.02. The lowest BCUT2D eigenvalue weighted by Crippen LogP contribution is -2.26. The van der Waals surface area contributed by atoms with Crippen molar-refractivity contribution in [2.24, 2.45) is 10.9 Å². The standard InChI is InChI=1S/C12H14N2O5/c1-3-18-12(16)10(13)14-19-11(15)8-4-6-9(17-2)7-5-8/h4-7H,3H2,1-2H3,(H2,13,14). The molecule has 0 fully saturated rings. The molecule has 0 saturated carbocycles. The van der Waals surface area contributed by atoms with Crippen molar-refractivity contribution in [1.82, 2.24) is 0 Å².